The summed E-state index contributed by atoms with van der Waals surface area (Å²) in [5.74, 6) is 0.352. The number of carbonyl (C=O) groups is 2. The Labute approximate surface area is 80.1 Å². The summed E-state index contributed by atoms with van der Waals surface area (Å²) in [6, 6.07) is 0. The van der Waals surface area contributed by atoms with Crippen LogP contribution in [0.25, 0.3) is 0 Å². The second kappa shape index (κ2) is 7.92. The van der Waals surface area contributed by atoms with E-state index >= 15 is 0 Å². The van der Waals surface area contributed by atoms with Crippen LogP contribution in [0.1, 0.15) is 34.6 Å². The third-order valence-corrected chi connectivity index (χ3v) is 1.61. The van der Waals surface area contributed by atoms with Crippen LogP contribution in [0, 0.1) is 11.8 Å². The van der Waals surface area contributed by atoms with Gasteiger partial charge in [0.05, 0.1) is 0 Å². The highest BCUT2D eigenvalue weighted by Gasteiger charge is 2.02. The first-order valence-corrected chi connectivity index (χ1v) is 4.46. The molecule has 0 fully saturated rings. The van der Waals surface area contributed by atoms with Gasteiger partial charge < -0.3 is 5.11 Å². The predicted molar refractivity (Wildman–Crippen MR) is 52.4 cm³/mol. The van der Waals surface area contributed by atoms with Crippen molar-refractivity contribution in [1.29, 1.82) is 0 Å². The van der Waals surface area contributed by atoms with E-state index in [9.17, 15) is 9.59 Å². The molecule has 0 aliphatic rings. The maximum atomic E-state index is 10.3. The van der Waals surface area contributed by atoms with Crippen LogP contribution < -0.4 is 0 Å². The summed E-state index contributed by atoms with van der Waals surface area (Å²) in [6.07, 6.45) is 0. The highest BCUT2D eigenvalue weighted by Crippen LogP contribution is 1.90. The molecule has 0 radical (unpaired) electrons. The molecule has 0 atom stereocenters. The van der Waals surface area contributed by atoms with E-state index in [0.29, 0.717) is 0 Å². The van der Waals surface area contributed by atoms with E-state index in [-0.39, 0.29) is 30.0 Å². The Bertz CT molecular complexity index is 160. The van der Waals surface area contributed by atoms with Gasteiger partial charge in [-0.1, -0.05) is 27.7 Å². The number of hydrogen-bond donors (Lipinski definition) is 1. The van der Waals surface area contributed by atoms with E-state index in [0.717, 1.165) is 0 Å². The predicted octanol–water partition coefficient (Wildman–Crippen LogP) is 1.44. The van der Waals surface area contributed by atoms with Gasteiger partial charge >= 0.3 is 0 Å². The number of ketones is 2. The molecule has 0 saturated carbocycles. The van der Waals surface area contributed by atoms with Gasteiger partial charge in [-0.3, -0.25) is 9.59 Å². The van der Waals surface area contributed by atoms with Gasteiger partial charge in [-0.05, 0) is 6.92 Å². The van der Waals surface area contributed by atoms with Gasteiger partial charge in [-0.15, -0.1) is 0 Å². The van der Waals surface area contributed by atoms with Crippen LogP contribution in [0.3, 0.4) is 0 Å². The van der Waals surface area contributed by atoms with E-state index in [2.05, 4.69) is 0 Å². The lowest BCUT2D eigenvalue weighted by molar-refractivity contribution is -0.124. The van der Waals surface area contributed by atoms with Gasteiger partial charge in [-0.25, -0.2) is 0 Å². The smallest absolute Gasteiger partial charge is 0.160 e. The van der Waals surface area contributed by atoms with E-state index in [4.69, 9.17) is 5.11 Å². The molecule has 13 heavy (non-hydrogen) atoms. The molecule has 0 rings (SSSR count). The quantitative estimate of drug-likeness (QED) is 0.729. The number of hydrogen-bond acceptors (Lipinski definition) is 3. The normalized spacial score (nSPS) is 9.54. The number of carbonyl (C=O) groups excluding carboxylic acids is 2. The first-order valence-electron chi connectivity index (χ1n) is 4.46. The van der Waals surface area contributed by atoms with Gasteiger partial charge in [0.1, 0.15) is 12.4 Å². The van der Waals surface area contributed by atoms with Crippen molar-refractivity contribution in [2.45, 2.75) is 34.6 Å². The monoisotopic (exact) mass is 188 g/mol. The fourth-order valence-corrected chi connectivity index (χ4v) is 0.183. The summed E-state index contributed by atoms with van der Waals surface area (Å²) in [5.41, 5.74) is 0. The first kappa shape index (κ1) is 14.8. The molecule has 0 unspecified atom stereocenters. The van der Waals surface area contributed by atoms with Crippen molar-refractivity contribution in [3.8, 4) is 0 Å². The molecule has 0 saturated heterocycles. The Morgan fingerprint density at radius 1 is 1.08 bits per heavy atom. The molecule has 0 amide bonds. The maximum absolute atomic E-state index is 10.3. The van der Waals surface area contributed by atoms with Crippen LogP contribution >= 0.6 is 0 Å². The van der Waals surface area contributed by atoms with Crippen LogP contribution in [0.5, 0.6) is 0 Å². The van der Waals surface area contributed by atoms with Crippen LogP contribution in [0.2, 0.25) is 0 Å². The van der Waals surface area contributed by atoms with Gasteiger partial charge in [0.25, 0.3) is 0 Å². The number of aliphatic hydroxyl groups is 1. The third-order valence-electron chi connectivity index (χ3n) is 1.61. The molecule has 0 aromatic rings. The van der Waals surface area contributed by atoms with Crippen LogP contribution in [0.4, 0.5) is 0 Å². The Kier molecular flexibility index (Phi) is 9.02. The fourth-order valence-electron chi connectivity index (χ4n) is 0.183. The highest BCUT2D eigenvalue weighted by atomic mass is 16.3. The lowest BCUT2D eigenvalue weighted by Crippen LogP contribution is -2.10. The van der Waals surface area contributed by atoms with Crippen LogP contribution in [-0.4, -0.2) is 23.3 Å². The van der Waals surface area contributed by atoms with Gasteiger partial charge in [0.15, 0.2) is 5.78 Å². The molecule has 3 nitrogen and oxygen atoms in total. The highest BCUT2D eigenvalue weighted by molar-refractivity contribution is 5.81. The average Bonchev–Trinajstić information content (AvgIpc) is 2.03. The topological polar surface area (TPSA) is 54.4 Å². The van der Waals surface area contributed by atoms with Crippen molar-refractivity contribution < 1.29 is 14.7 Å². The molecular weight excluding hydrogens is 168 g/mol. The van der Waals surface area contributed by atoms with Crippen molar-refractivity contribution in [2.75, 3.05) is 6.61 Å². The van der Waals surface area contributed by atoms with Gasteiger partial charge in [0.2, 0.25) is 0 Å². The number of rotatable bonds is 3. The molecule has 3 heteroatoms. The molecule has 1 N–H and O–H groups in total. The minimum atomic E-state index is -0.322. The largest absolute Gasteiger partial charge is 0.389 e. The number of aliphatic hydroxyl groups excluding tert-OH is 1. The third kappa shape index (κ3) is 11.3. The molecule has 0 spiro atoms. The van der Waals surface area contributed by atoms with Gasteiger partial charge in [-0.2, -0.15) is 0 Å². The second-order valence-corrected chi connectivity index (χ2v) is 3.54. The molecule has 0 bridgehead atoms. The fraction of sp³-hybridized carbons (Fsp3) is 0.800. The number of Topliss-reactive ketones (excluding diaryl/α,β-unsaturated/α-hetero) is 2. The zero-order valence-corrected chi connectivity index (χ0v) is 9.13. The minimum Gasteiger partial charge on any atom is -0.389 e. The Morgan fingerprint density at radius 3 is 1.38 bits per heavy atom. The average molecular weight is 188 g/mol. The van der Waals surface area contributed by atoms with E-state index in [1.54, 1.807) is 20.8 Å². The van der Waals surface area contributed by atoms with E-state index < -0.39 is 0 Å². The minimum absolute atomic E-state index is 0.0231. The summed E-state index contributed by atoms with van der Waals surface area (Å²) in [7, 11) is 0. The molecule has 0 aliphatic carbocycles. The molecule has 78 valence electrons. The van der Waals surface area contributed by atoms with Crippen molar-refractivity contribution in [2.24, 2.45) is 11.8 Å². The molecule has 0 aromatic carbocycles. The molecule has 0 aliphatic heterocycles. The first-order chi connectivity index (χ1) is 5.82. The Hall–Kier alpha value is -0.700. The summed E-state index contributed by atoms with van der Waals surface area (Å²) in [4.78, 5) is 20.4. The zero-order chi connectivity index (χ0) is 11.0. The van der Waals surface area contributed by atoms with Crippen LogP contribution in [0.15, 0.2) is 0 Å². The second-order valence-electron chi connectivity index (χ2n) is 3.54. The Balaban J connectivity index is 0. The molecular formula is C10H20O3. The standard InChI is InChI=1S/C5H10O2.C5H10O/c1-4(2)5(7)3-6;1-4(2)5(3)6/h4,6H,3H2,1-2H3;4H,1-3H3. The lowest BCUT2D eigenvalue weighted by Gasteiger charge is -1.95. The Morgan fingerprint density at radius 2 is 1.38 bits per heavy atom. The summed E-state index contributed by atoms with van der Waals surface area (Å²) >= 11 is 0. The summed E-state index contributed by atoms with van der Waals surface area (Å²) < 4.78 is 0. The van der Waals surface area contributed by atoms with E-state index in [1.165, 1.54) is 0 Å². The van der Waals surface area contributed by atoms with Crippen molar-refractivity contribution in [1.82, 2.24) is 0 Å². The maximum Gasteiger partial charge on any atom is 0.160 e. The van der Waals surface area contributed by atoms with Crippen molar-refractivity contribution >= 4 is 11.6 Å². The SMILES string of the molecule is CC(=O)C(C)C.CC(C)C(=O)CO. The van der Waals surface area contributed by atoms with Crippen molar-refractivity contribution in [3.05, 3.63) is 0 Å². The van der Waals surface area contributed by atoms with E-state index in [1.807, 2.05) is 13.8 Å². The summed E-state index contributed by atoms with van der Waals surface area (Å²) in [6.45, 7) is 8.59. The lowest BCUT2D eigenvalue weighted by atomic mass is 10.1. The van der Waals surface area contributed by atoms with Crippen molar-refractivity contribution in [3.63, 3.8) is 0 Å². The summed E-state index contributed by atoms with van der Waals surface area (Å²) in [5, 5.41) is 8.16. The molecule has 0 aromatic heterocycles. The zero-order valence-electron chi connectivity index (χ0n) is 9.13. The molecule has 0 heterocycles. The van der Waals surface area contributed by atoms with Crippen LogP contribution in [-0.2, 0) is 9.59 Å². The van der Waals surface area contributed by atoms with Gasteiger partial charge in [0, 0.05) is 11.8 Å².